The van der Waals surface area contributed by atoms with Crippen LogP contribution < -0.4 is 10.3 Å². The van der Waals surface area contributed by atoms with Crippen LogP contribution in [0.1, 0.15) is 34.9 Å². The van der Waals surface area contributed by atoms with Gasteiger partial charge in [0.25, 0.3) is 5.56 Å². The van der Waals surface area contributed by atoms with Gasteiger partial charge in [0.1, 0.15) is 18.1 Å². The van der Waals surface area contributed by atoms with Crippen molar-refractivity contribution in [3.05, 3.63) is 75.7 Å². The summed E-state index contributed by atoms with van der Waals surface area (Å²) < 4.78 is 11.9. The highest BCUT2D eigenvalue weighted by Gasteiger charge is 2.27. The van der Waals surface area contributed by atoms with Gasteiger partial charge in [-0.25, -0.2) is 4.98 Å². The molecule has 0 saturated carbocycles. The van der Waals surface area contributed by atoms with Gasteiger partial charge in [0.15, 0.2) is 0 Å². The van der Waals surface area contributed by atoms with Crippen LogP contribution in [-0.4, -0.2) is 39.3 Å². The van der Waals surface area contributed by atoms with E-state index in [0.29, 0.717) is 30.0 Å². The maximum Gasteiger partial charge on any atom is 0.306 e. The number of pyridine rings is 1. The van der Waals surface area contributed by atoms with E-state index in [4.69, 9.17) is 15.9 Å². The van der Waals surface area contributed by atoms with Crippen molar-refractivity contribution in [3.63, 3.8) is 0 Å². The molecule has 0 aliphatic heterocycles. The monoisotopic (exact) mass is 435 g/mol. The van der Waals surface area contributed by atoms with E-state index in [9.17, 15) is 14.7 Å². The Bertz CT molecular complexity index is 1180. The molecule has 32 heavy (non-hydrogen) atoms. The molecule has 1 atom stereocenters. The highest BCUT2D eigenvalue weighted by atomic mass is 16.5. The zero-order valence-corrected chi connectivity index (χ0v) is 18.0. The molecule has 0 aliphatic carbocycles. The van der Waals surface area contributed by atoms with Crippen LogP contribution in [0.5, 0.6) is 11.5 Å². The first-order chi connectivity index (χ1) is 15.4. The number of aromatic amines is 1. The first-order valence-electron chi connectivity index (χ1n) is 10.1. The topological polar surface area (TPSA) is 106 Å². The van der Waals surface area contributed by atoms with Gasteiger partial charge in [-0.3, -0.25) is 9.59 Å². The van der Waals surface area contributed by atoms with Crippen LogP contribution >= 0.6 is 0 Å². The number of hydrogen-bond donors (Lipinski definition) is 2. The Morgan fingerprint density at radius 3 is 2.88 bits per heavy atom. The van der Waals surface area contributed by atoms with E-state index in [2.05, 4.69) is 15.9 Å². The summed E-state index contributed by atoms with van der Waals surface area (Å²) in [5.74, 6) is 1.49. The lowest BCUT2D eigenvalue weighted by atomic mass is 9.88. The molecule has 0 amide bonds. The Kier molecular flexibility index (Phi) is 7.34. The second kappa shape index (κ2) is 10.4. The fourth-order valence-corrected chi connectivity index (χ4v) is 3.61. The number of carbonyl (C=O) groups is 1. The lowest BCUT2D eigenvalue weighted by Crippen LogP contribution is -2.29. The van der Waals surface area contributed by atoms with Gasteiger partial charge in [-0.05, 0) is 30.7 Å². The number of nitrogens with zero attached hydrogens (tertiary/aromatic N) is 2. The summed E-state index contributed by atoms with van der Waals surface area (Å²) in [7, 11) is 1.28. The number of nitrogens with one attached hydrogen (secondary N) is 1. The van der Waals surface area contributed by atoms with Crippen LogP contribution in [0.25, 0.3) is 0 Å². The number of rotatable bonds is 9. The molecule has 2 heterocycles. The number of imidazole rings is 1. The van der Waals surface area contributed by atoms with Crippen molar-refractivity contribution >= 4 is 5.97 Å². The number of esters is 1. The average Bonchev–Trinajstić information content (AvgIpc) is 3.30. The lowest BCUT2D eigenvalue weighted by Gasteiger charge is -2.21. The quantitative estimate of drug-likeness (QED) is 0.395. The largest absolute Gasteiger partial charge is 0.507 e. The molecular formula is C24H25N3O5. The number of terminal acetylenes is 1. The van der Waals surface area contributed by atoms with Crippen LogP contribution in [0, 0.1) is 19.3 Å². The normalized spacial score (nSPS) is 11.5. The van der Waals surface area contributed by atoms with Crippen molar-refractivity contribution in [1.29, 1.82) is 0 Å². The summed E-state index contributed by atoms with van der Waals surface area (Å²) in [6, 6.07) is 8.48. The standard InChI is InChI=1S/C24H25N3O5/c1-4-10-32-19-7-5-6-17(12-19)20(13-22(29)31-3)23-21(28)11-16(2)27(24(23)30)9-8-18-14-25-15-26-18/h1,5-7,11-12,14-15,20,28H,8-10,13H2,2-3H3,(H,25,26)/t20-/m0/s1. The van der Waals surface area contributed by atoms with E-state index in [1.165, 1.54) is 13.2 Å². The van der Waals surface area contributed by atoms with Crippen molar-refractivity contribution in [1.82, 2.24) is 14.5 Å². The Hall–Kier alpha value is -3.99. The van der Waals surface area contributed by atoms with Crippen LogP contribution in [-0.2, 0) is 22.5 Å². The van der Waals surface area contributed by atoms with Gasteiger partial charge in [-0.15, -0.1) is 6.42 Å². The van der Waals surface area contributed by atoms with Crippen LogP contribution in [0.3, 0.4) is 0 Å². The van der Waals surface area contributed by atoms with Gasteiger partial charge in [0.2, 0.25) is 0 Å². The Labute approximate surface area is 185 Å². The summed E-state index contributed by atoms with van der Waals surface area (Å²) in [4.78, 5) is 32.7. The molecule has 0 spiro atoms. The number of aromatic hydroxyl groups is 1. The summed E-state index contributed by atoms with van der Waals surface area (Å²) in [6.45, 7) is 2.22. The molecule has 0 radical (unpaired) electrons. The van der Waals surface area contributed by atoms with Crippen molar-refractivity contribution < 1.29 is 19.4 Å². The predicted molar refractivity (Wildman–Crippen MR) is 119 cm³/mol. The third kappa shape index (κ3) is 5.19. The molecule has 0 saturated heterocycles. The summed E-state index contributed by atoms with van der Waals surface area (Å²) in [5.41, 5.74) is 1.88. The smallest absolute Gasteiger partial charge is 0.306 e. The van der Waals surface area contributed by atoms with Crippen molar-refractivity contribution in [2.45, 2.75) is 32.2 Å². The molecule has 1 aromatic carbocycles. The second-order valence-corrected chi connectivity index (χ2v) is 7.27. The highest BCUT2D eigenvalue weighted by Crippen LogP contribution is 2.34. The predicted octanol–water partition coefficient (Wildman–Crippen LogP) is 2.54. The number of carbonyl (C=O) groups excluding carboxylic acids is 1. The second-order valence-electron chi connectivity index (χ2n) is 7.27. The molecule has 0 aliphatic rings. The maximum atomic E-state index is 13.5. The molecule has 8 nitrogen and oxygen atoms in total. The number of hydrogen-bond acceptors (Lipinski definition) is 6. The SMILES string of the molecule is C#CCOc1cccc([C@H](CC(=O)OC)c2c(O)cc(C)n(CCc3cnc[nH]3)c2=O)c1. The minimum atomic E-state index is -0.733. The van der Waals surface area contributed by atoms with E-state index in [0.717, 1.165) is 5.69 Å². The minimum absolute atomic E-state index is 0.0846. The number of benzene rings is 1. The summed E-state index contributed by atoms with van der Waals surface area (Å²) in [5, 5.41) is 10.7. The molecule has 8 heteroatoms. The van der Waals surface area contributed by atoms with E-state index < -0.39 is 11.9 Å². The van der Waals surface area contributed by atoms with E-state index >= 15 is 0 Å². The lowest BCUT2D eigenvalue weighted by molar-refractivity contribution is -0.140. The van der Waals surface area contributed by atoms with Gasteiger partial charge < -0.3 is 24.1 Å². The molecule has 3 aromatic rings. The first-order valence-corrected chi connectivity index (χ1v) is 10.1. The molecule has 0 unspecified atom stereocenters. The third-order valence-corrected chi connectivity index (χ3v) is 5.21. The van der Waals surface area contributed by atoms with Gasteiger partial charge in [-0.1, -0.05) is 18.1 Å². The number of ether oxygens (including phenoxy) is 2. The van der Waals surface area contributed by atoms with Gasteiger partial charge in [0, 0.05) is 36.5 Å². The molecule has 3 rings (SSSR count). The van der Waals surface area contributed by atoms with Crippen molar-refractivity contribution in [2.24, 2.45) is 0 Å². The average molecular weight is 435 g/mol. The Morgan fingerprint density at radius 1 is 1.38 bits per heavy atom. The van der Waals surface area contributed by atoms with E-state index in [1.807, 2.05) is 0 Å². The summed E-state index contributed by atoms with van der Waals surface area (Å²) >= 11 is 0. The minimum Gasteiger partial charge on any atom is -0.507 e. The molecule has 166 valence electrons. The fraction of sp³-hybridized carbons (Fsp3) is 0.292. The number of H-pyrrole nitrogens is 1. The zero-order chi connectivity index (χ0) is 23.1. The third-order valence-electron chi connectivity index (χ3n) is 5.21. The highest BCUT2D eigenvalue weighted by molar-refractivity contribution is 5.71. The van der Waals surface area contributed by atoms with Gasteiger partial charge >= 0.3 is 5.97 Å². The molecular weight excluding hydrogens is 410 g/mol. The van der Waals surface area contributed by atoms with Gasteiger partial charge in [-0.2, -0.15) is 0 Å². The maximum absolute atomic E-state index is 13.5. The fourth-order valence-electron chi connectivity index (χ4n) is 3.61. The van der Waals surface area contributed by atoms with Crippen molar-refractivity contribution in [3.8, 4) is 23.8 Å². The molecule has 2 N–H and O–H groups in total. The van der Waals surface area contributed by atoms with E-state index in [-0.39, 0.29) is 29.9 Å². The van der Waals surface area contributed by atoms with Crippen LogP contribution in [0.2, 0.25) is 0 Å². The molecule has 0 fully saturated rings. The number of methoxy groups -OCH3 is 1. The van der Waals surface area contributed by atoms with E-state index in [1.54, 1.807) is 48.3 Å². The molecule has 2 aromatic heterocycles. The first kappa shape index (κ1) is 22.7. The molecule has 0 bridgehead atoms. The van der Waals surface area contributed by atoms with Gasteiger partial charge in [0.05, 0.1) is 25.4 Å². The number of aryl methyl sites for hydroxylation is 2. The zero-order valence-electron chi connectivity index (χ0n) is 18.0. The summed E-state index contributed by atoms with van der Waals surface area (Å²) in [6.07, 6.45) is 8.97. The van der Waals surface area contributed by atoms with Crippen LogP contribution in [0.4, 0.5) is 0 Å². The van der Waals surface area contributed by atoms with Crippen molar-refractivity contribution in [2.75, 3.05) is 13.7 Å². The number of aromatic nitrogens is 3. The Balaban J connectivity index is 2.06. The Morgan fingerprint density at radius 2 is 2.19 bits per heavy atom. The van der Waals surface area contributed by atoms with Crippen LogP contribution in [0.15, 0.2) is 47.7 Å².